The standard InChI is InChI=1S/C23H20N6O/c1-13-4-6-26-11-18(13)20-7-15-8-21(27-12-19(15)22(24)28-20)29-23(30)17-9-16(17)14-3-2-5-25-10-14/h2-8,10-12,16-17H,9H2,1H3,(H2,24,28)(H,27,29,30)/t16-,17+/m0/s1. The molecule has 4 aromatic rings. The number of amides is 1. The molecule has 0 spiro atoms. The van der Waals surface area contributed by atoms with Crippen molar-refractivity contribution in [2.75, 3.05) is 11.1 Å². The zero-order chi connectivity index (χ0) is 20.7. The van der Waals surface area contributed by atoms with E-state index in [1.54, 1.807) is 24.8 Å². The first-order valence-corrected chi connectivity index (χ1v) is 9.78. The highest BCUT2D eigenvalue weighted by Crippen LogP contribution is 2.47. The summed E-state index contributed by atoms with van der Waals surface area (Å²) in [7, 11) is 0. The lowest BCUT2D eigenvalue weighted by Gasteiger charge is -2.10. The summed E-state index contributed by atoms with van der Waals surface area (Å²) in [4.78, 5) is 29.9. The Hall–Kier alpha value is -3.87. The predicted molar refractivity (Wildman–Crippen MR) is 116 cm³/mol. The molecule has 1 fully saturated rings. The Kier molecular flexibility index (Phi) is 4.35. The van der Waals surface area contributed by atoms with Crippen LogP contribution in [0.2, 0.25) is 0 Å². The second-order valence-corrected chi connectivity index (χ2v) is 7.60. The van der Waals surface area contributed by atoms with E-state index >= 15 is 0 Å². The van der Waals surface area contributed by atoms with Crippen LogP contribution in [0.4, 0.5) is 11.6 Å². The number of carbonyl (C=O) groups is 1. The van der Waals surface area contributed by atoms with Crippen LogP contribution in [0, 0.1) is 12.8 Å². The predicted octanol–water partition coefficient (Wildman–Crippen LogP) is 3.72. The van der Waals surface area contributed by atoms with Gasteiger partial charge in [0.1, 0.15) is 11.6 Å². The monoisotopic (exact) mass is 396 g/mol. The van der Waals surface area contributed by atoms with E-state index in [9.17, 15) is 4.79 Å². The van der Waals surface area contributed by atoms with E-state index in [4.69, 9.17) is 5.73 Å². The van der Waals surface area contributed by atoms with Gasteiger partial charge in [0.15, 0.2) is 0 Å². The van der Waals surface area contributed by atoms with Crippen LogP contribution < -0.4 is 11.1 Å². The van der Waals surface area contributed by atoms with Gasteiger partial charge < -0.3 is 11.1 Å². The summed E-state index contributed by atoms with van der Waals surface area (Å²) in [5, 5.41) is 4.56. The molecule has 0 saturated heterocycles. The van der Waals surface area contributed by atoms with Gasteiger partial charge in [0.2, 0.25) is 5.91 Å². The molecule has 0 bridgehead atoms. The van der Waals surface area contributed by atoms with Gasteiger partial charge in [0.05, 0.1) is 5.69 Å². The van der Waals surface area contributed by atoms with Crippen LogP contribution in [-0.2, 0) is 4.79 Å². The van der Waals surface area contributed by atoms with Crippen molar-refractivity contribution >= 4 is 28.3 Å². The summed E-state index contributed by atoms with van der Waals surface area (Å²) < 4.78 is 0. The van der Waals surface area contributed by atoms with Gasteiger partial charge in [-0.3, -0.25) is 14.8 Å². The third-order valence-corrected chi connectivity index (χ3v) is 5.55. The molecule has 1 aliphatic rings. The molecule has 0 radical (unpaired) electrons. The number of nitrogens with zero attached hydrogens (tertiary/aromatic N) is 4. The van der Waals surface area contributed by atoms with E-state index in [2.05, 4.69) is 25.3 Å². The van der Waals surface area contributed by atoms with Crippen molar-refractivity contribution in [3.8, 4) is 11.3 Å². The second kappa shape index (κ2) is 7.18. The number of anilines is 2. The average molecular weight is 396 g/mol. The molecule has 2 atom stereocenters. The molecular formula is C23H20N6O. The average Bonchev–Trinajstić information content (AvgIpc) is 3.56. The Morgan fingerprint density at radius 1 is 1.13 bits per heavy atom. The third-order valence-electron chi connectivity index (χ3n) is 5.55. The molecule has 1 saturated carbocycles. The molecule has 148 valence electrons. The summed E-state index contributed by atoms with van der Waals surface area (Å²) >= 11 is 0. The maximum atomic E-state index is 12.7. The summed E-state index contributed by atoms with van der Waals surface area (Å²) in [6.45, 7) is 2.01. The number of nitrogens with two attached hydrogens (primary N) is 1. The summed E-state index contributed by atoms with van der Waals surface area (Å²) in [6.07, 6.45) is 9.56. The number of carbonyl (C=O) groups excluding carboxylic acids is 1. The zero-order valence-corrected chi connectivity index (χ0v) is 16.4. The van der Waals surface area contributed by atoms with E-state index in [1.807, 2.05) is 43.5 Å². The van der Waals surface area contributed by atoms with Crippen LogP contribution >= 0.6 is 0 Å². The lowest BCUT2D eigenvalue weighted by Crippen LogP contribution is -2.15. The number of pyridine rings is 4. The maximum Gasteiger partial charge on any atom is 0.229 e. The number of nitrogens with one attached hydrogen (secondary N) is 1. The van der Waals surface area contributed by atoms with Crippen molar-refractivity contribution in [3.63, 3.8) is 0 Å². The molecule has 7 nitrogen and oxygen atoms in total. The van der Waals surface area contributed by atoms with Crippen LogP contribution in [0.5, 0.6) is 0 Å². The molecule has 7 heteroatoms. The SMILES string of the molecule is Cc1ccncc1-c1cc2cc(NC(=O)[C@@H]3C[C@H]3c3cccnc3)ncc2c(N)n1. The van der Waals surface area contributed by atoms with Crippen LogP contribution in [0.25, 0.3) is 22.0 Å². The van der Waals surface area contributed by atoms with Crippen molar-refractivity contribution in [2.24, 2.45) is 5.92 Å². The number of aromatic nitrogens is 4. The van der Waals surface area contributed by atoms with Gasteiger partial charge in [0.25, 0.3) is 0 Å². The molecule has 0 aromatic carbocycles. The fraction of sp³-hybridized carbons (Fsp3) is 0.174. The smallest absolute Gasteiger partial charge is 0.229 e. The second-order valence-electron chi connectivity index (χ2n) is 7.60. The number of fused-ring (bicyclic) bond motifs is 1. The number of nitrogen functional groups attached to an aromatic ring is 1. The zero-order valence-electron chi connectivity index (χ0n) is 16.4. The first-order chi connectivity index (χ1) is 14.6. The van der Waals surface area contributed by atoms with Gasteiger partial charge in [-0.15, -0.1) is 0 Å². The molecule has 1 aliphatic carbocycles. The van der Waals surface area contributed by atoms with E-state index in [-0.39, 0.29) is 17.7 Å². The Balaban J connectivity index is 1.41. The van der Waals surface area contributed by atoms with Crippen LogP contribution in [-0.4, -0.2) is 25.8 Å². The lowest BCUT2D eigenvalue weighted by molar-refractivity contribution is -0.117. The molecule has 4 heterocycles. The van der Waals surface area contributed by atoms with E-state index in [0.29, 0.717) is 11.6 Å². The van der Waals surface area contributed by atoms with Gasteiger partial charge in [-0.05, 0) is 60.0 Å². The number of hydrogen-bond donors (Lipinski definition) is 2. The summed E-state index contributed by atoms with van der Waals surface area (Å²) in [5.74, 6) is 1.04. The fourth-order valence-corrected chi connectivity index (χ4v) is 3.78. The molecule has 4 aromatic heterocycles. The first kappa shape index (κ1) is 18.2. The van der Waals surface area contributed by atoms with Crippen molar-refractivity contribution < 1.29 is 4.79 Å². The minimum atomic E-state index is -0.0530. The minimum absolute atomic E-state index is 0.0268. The maximum absolute atomic E-state index is 12.7. The number of rotatable bonds is 4. The highest BCUT2D eigenvalue weighted by molar-refractivity contribution is 5.98. The van der Waals surface area contributed by atoms with Gasteiger partial charge in [-0.25, -0.2) is 9.97 Å². The summed E-state index contributed by atoms with van der Waals surface area (Å²) in [6, 6.07) is 9.62. The van der Waals surface area contributed by atoms with Crippen LogP contribution in [0.3, 0.4) is 0 Å². The minimum Gasteiger partial charge on any atom is -0.383 e. The van der Waals surface area contributed by atoms with Gasteiger partial charge in [-0.1, -0.05) is 6.07 Å². The normalized spacial score (nSPS) is 17.6. The van der Waals surface area contributed by atoms with Gasteiger partial charge in [-0.2, -0.15) is 0 Å². The molecule has 3 N–H and O–H groups in total. The third kappa shape index (κ3) is 3.34. The topological polar surface area (TPSA) is 107 Å². The molecule has 0 unspecified atom stereocenters. The first-order valence-electron chi connectivity index (χ1n) is 9.78. The van der Waals surface area contributed by atoms with E-state index in [0.717, 1.165) is 39.6 Å². The Bertz CT molecular complexity index is 1260. The molecule has 1 amide bonds. The Labute approximate surface area is 173 Å². The lowest BCUT2D eigenvalue weighted by atomic mass is 10.1. The molecule has 30 heavy (non-hydrogen) atoms. The number of hydrogen-bond acceptors (Lipinski definition) is 6. The number of aryl methyl sites for hydroxylation is 1. The quantitative estimate of drug-likeness (QED) is 0.544. The van der Waals surface area contributed by atoms with Crippen LogP contribution in [0.15, 0.2) is 61.3 Å². The van der Waals surface area contributed by atoms with E-state index in [1.165, 1.54) is 0 Å². The molecule has 0 aliphatic heterocycles. The Morgan fingerprint density at radius 3 is 2.80 bits per heavy atom. The highest BCUT2D eigenvalue weighted by Gasteiger charge is 2.44. The molecule has 5 rings (SSSR count). The van der Waals surface area contributed by atoms with Crippen molar-refractivity contribution in [3.05, 3.63) is 72.4 Å². The van der Waals surface area contributed by atoms with Crippen molar-refractivity contribution in [1.82, 2.24) is 19.9 Å². The highest BCUT2D eigenvalue weighted by atomic mass is 16.2. The van der Waals surface area contributed by atoms with Crippen molar-refractivity contribution in [1.29, 1.82) is 0 Å². The van der Waals surface area contributed by atoms with Crippen LogP contribution in [0.1, 0.15) is 23.5 Å². The summed E-state index contributed by atoms with van der Waals surface area (Å²) in [5.41, 5.74) is 10.00. The largest absolute Gasteiger partial charge is 0.383 e. The Morgan fingerprint density at radius 2 is 2.00 bits per heavy atom. The van der Waals surface area contributed by atoms with Gasteiger partial charge >= 0.3 is 0 Å². The molecular weight excluding hydrogens is 376 g/mol. The van der Waals surface area contributed by atoms with E-state index < -0.39 is 0 Å². The fourth-order valence-electron chi connectivity index (χ4n) is 3.78. The van der Waals surface area contributed by atoms with Crippen molar-refractivity contribution in [2.45, 2.75) is 19.3 Å². The van der Waals surface area contributed by atoms with Gasteiger partial charge in [0, 0.05) is 47.9 Å².